The van der Waals surface area contributed by atoms with E-state index in [1.54, 1.807) is 0 Å². The number of amides is 1. The van der Waals surface area contributed by atoms with Crippen molar-refractivity contribution in [1.82, 2.24) is 5.32 Å². The second-order valence-corrected chi connectivity index (χ2v) is 5.37. The molecule has 2 rings (SSSR count). The first-order valence-electron chi connectivity index (χ1n) is 6.92. The Morgan fingerprint density at radius 1 is 1.14 bits per heavy atom. The molecular weight excluding hydrogens is 284 g/mol. The molecule has 0 fully saturated rings. The van der Waals surface area contributed by atoms with Crippen molar-refractivity contribution in [2.24, 2.45) is 5.73 Å². The van der Waals surface area contributed by atoms with Gasteiger partial charge in [-0.15, -0.1) is 0 Å². The Bertz CT molecular complexity index is 628. The summed E-state index contributed by atoms with van der Waals surface area (Å²) in [5.74, 6) is -0.0386. The van der Waals surface area contributed by atoms with Crippen molar-refractivity contribution in [2.75, 3.05) is 0 Å². The fraction of sp³-hybridized carbons (Fsp3) is 0.235. The molecular formula is C17H19ClN2O. The summed E-state index contributed by atoms with van der Waals surface area (Å²) in [4.78, 5) is 12.2. The van der Waals surface area contributed by atoms with Gasteiger partial charge in [0.05, 0.1) is 12.5 Å². The van der Waals surface area contributed by atoms with Gasteiger partial charge in [-0.1, -0.05) is 54.1 Å². The molecule has 3 N–H and O–H groups in total. The van der Waals surface area contributed by atoms with Crippen LogP contribution >= 0.6 is 11.6 Å². The molecule has 110 valence electrons. The summed E-state index contributed by atoms with van der Waals surface area (Å²) in [5.41, 5.74) is 8.57. The smallest absolute Gasteiger partial charge is 0.224 e. The molecule has 0 aliphatic rings. The van der Waals surface area contributed by atoms with Crippen LogP contribution in [0.25, 0.3) is 0 Å². The van der Waals surface area contributed by atoms with Crippen LogP contribution in [0.5, 0.6) is 0 Å². The lowest BCUT2D eigenvalue weighted by Gasteiger charge is -2.16. The van der Waals surface area contributed by atoms with Crippen molar-refractivity contribution in [3.05, 3.63) is 70.2 Å². The minimum absolute atomic E-state index is 0.0386. The molecule has 4 heteroatoms. The number of halogens is 1. The molecule has 2 aromatic rings. The zero-order valence-corrected chi connectivity index (χ0v) is 12.7. The predicted octanol–water partition coefficient (Wildman–Crippen LogP) is 3.22. The maximum Gasteiger partial charge on any atom is 0.224 e. The number of benzene rings is 2. The van der Waals surface area contributed by atoms with E-state index in [2.05, 4.69) is 5.32 Å². The van der Waals surface area contributed by atoms with Gasteiger partial charge >= 0.3 is 0 Å². The molecule has 0 heterocycles. The highest BCUT2D eigenvalue weighted by Crippen LogP contribution is 2.22. The molecule has 0 aliphatic carbocycles. The number of carbonyl (C=O) groups excluding carboxylic acids is 1. The molecule has 0 aliphatic heterocycles. The van der Waals surface area contributed by atoms with Gasteiger partial charge in [-0.2, -0.15) is 0 Å². The van der Waals surface area contributed by atoms with E-state index < -0.39 is 0 Å². The van der Waals surface area contributed by atoms with Gasteiger partial charge in [0.1, 0.15) is 0 Å². The summed E-state index contributed by atoms with van der Waals surface area (Å²) in [6.45, 7) is 2.36. The van der Waals surface area contributed by atoms with Gasteiger partial charge in [0.15, 0.2) is 0 Å². The first-order valence-corrected chi connectivity index (χ1v) is 7.30. The number of nitrogens with one attached hydrogen (secondary N) is 1. The second kappa shape index (κ2) is 7.25. The SMILES string of the molecule is C[C@@H](NC(=O)Cc1ccccc1CN)c1ccccc1Cl. The van der Waals surface area contributed by atoms with Crippen LogP contribution in [0.3, 0.4) is 0 Å². The average Bonchev–Trinajstić information content (AvgIpc) is 2.48. The Balaban J connectivity index is 2.03. The number of rotatable bonds is 5. The molecule has 0 radical (unpaired) electrons. The minimum atomic E-state index is -0.128. The van der Waals surface area contributed by atoms with Gasteiger partial charge in [-0.25, -0.2) is 0 Å². The molecule has 3 nitrogen and oxygen atoms in total. The highest BCUT2D eigenvalue weighted by molar-refractivity contribution is 6.31. The van der Waals surface area contributed by atoms with Crippen LogP contribution in [0.15, 0.2) is 48.5 Å². The summed E-state index contributed by atoms with van der Waals surface area (Å²) in [6.07, 6.45) is 0.322. The van der Waals surface area contributed by atoms with Crippen LogP contribution in [-0.4, -0.2) is 5.91 Å². The molecule has 0 bridgehead atoms. The van der Waals surface area contributed by atoms with Gasteiger partial charge in [-0.3, -0.25) is 4.79 Å². The lowest BCUT2D eigenvalue weighted by atomic mass is 10.0. The quantitative estimate of drug-likeness (QED) is 0.891. The largest absolute Gasteiger partial charge is 0.349 e. The standard InChI is InChI=1S/C17H19ClN2O/c1-12(15-8-4-5-9-16(15)18)20-17(21)10-13-6-2-3-7-14(13)11-19/h2-9,12H,10-11,19H2,1H3,(H,20,21)/t12-/m1/s1. The molecule has 0 saturated carbocycles. The Morgan fingerprint density at radius 3 is 2.43 bits per heavy atom. The van der Waals surface area contributed by atoms with E-state index in [-0.39, 0.29) is 11.9 Å². The molecule has 0 unspecified atom stereocenters. The third-order valence-electron chi connectivity index (χ3n) is 3.44. The molecule has 1 amide bonds. The minimum Gasteiger partial charge on any atom is -0.349 e. The first-order chi connectivity index (χ1) is 10.1. The monoisotopic (exact) mass is 302 g/mol. The summed E-state index contributed by atoms with van der Waals surface area (Å²) in [5, 5.41) is 3.63. The number of carbonyl (C=O) groups is 1. The van der Waals surface area contributed by atoms with E-state index in [4.69, 9.17) is 17.3 Å². The Kier molecular flexibility index (Phi) is 5.37. The first kappa shape index (κ1) is 15.5. The zero-order valence-electron chi connectivity index (χ0n) is 12.0. The molecule has 2 aromatic carbocycles. The lowest BCUT2D eigenvalue weighted by molar-refractivity contribution is -0.121. The highest BCUT2D eigenvalue weighted by atomic mass is 35.5. The van der Waals surface area contributed by atoms with Crippen LogP contribution in [-0.2, 0) is 17.8 Å². The Hall–Kier alpha value is -1.84. The van der Waals surface area contributed by atoms with Crippen LogP contribution in [0, 0.1) is 0 Å². The topological polar surface area (TPSA) is 55.1 Å². The highest BCUT2D eigenvalue weighted by Gasteiger charge is 2.13. The summed E-state index contributed by atoms with van der Waals surface area (Å²) < 4.78 is 0. The van der Waals surface area contributed by atoms with Gasteiger partial charge < -0.3 is 11.1 Å². The third kappa shape index (κ3) is 4.06. The number of hydrogen-bond acceptors (Lipinski definition) is 2. The van der Waals surface area contributed by atoms with Crippen LogP contribution < -0.4 is 11.1 Å². The summed E-state index contributed by atoms with van der Waals surface area (Å²) in [6, 6.07) is 15.1. The van der Waals surface area contributed by atoms with Crippen molar-refractivity contribution < 1.29 is 4.79 Å². The van der Waals surface area contributed by atoms with E-state index >= 15 is 0 Å². The Morgan fingerprint density at radius 2 is 1.76 bits per heavy atom. The fourth-order valence-electron chi connectivity index (χ4n) is 2.30. The van der Waals surface area contributed by atoms with Crippen LogP contribution in [0.2, 0.25) is 5.02 Å². The van der Waals surface area contributed by atoms with Gasteiger partial charge in [-0.05, 0) is 29.7 Å². The Labute approximate surface area is 130 Å². The van der Waals surface area contributed by atoms with Crippen LogP contribution in [0.1, 0.15) is 29.7 Å². The maximum absolute atomic E-state index is 12.2. The molecule has 1 atom stereocenters. The van der Waals surface area contributed by atoms with Crippen LogP contribution in [0.4, 0.5) is 0 Å². The van der Waals surface area contributed by atoms with Gasteiger partial charge in [0.25, 0.3) is 0 Å². The van der Waals surface area contributed by atoms with Crippen molar-refractivity contribution in [3.8, 4) is 0 Å². The van der Waals surface area contributed by atoms with E-state index in [0.717, 1.165) is 16.7 Å². The lowest BCUT2D eigenvalue weighted by Crippen LogP contribution is -2.28. The predicted molar refractivity (Wildman–Crippen MR) is 86.0 cm³/mol. The van der Waals surface area contributed by atoms with Crippen molar-refractivity contribution in [3.63, 3.8) is 0 Å². The summed E-state index contributed by atoms with van der Waals surface area (Å²) >= 11 is 6.14. The zero-order chi connectivity index (χ0) is 15.2. The molecule has 0 saturated heterocycles. The molecule has 0 spiro atoms. The molecule has 21 heavy (non-hydrogen) atoms. The van der Waals surface area contributed by atoms with E-state index in [1.165, 1.54) is 0 Å². The third-order valence-corrected chi connectivity index (χ3v) is 3.78. The van der Waals surface area contributed by atoms with Gasteiger partial charge in [0, 0.05) is 11.6 Å². The molecule has 0 aromatic heterocycles. The van der Waals surface area contributed by atoms with Crippen molar-refractivity contribution in [2.45, 2.75) is 25.9 Å². The van der Waals surface area contributed by atoms with Crippen molar-refractivity contribution in [1.29, 1.82) is 0 Å². The van der Waals surface area contributed by atoms with E-state index in [0.29, 0.717) is 18.0 Å². The van der Waals surface area contributed by atoms with E-state index in [1.807, 2.05) is 55.5 Å². The number of nitrogens with two attached hydrogens (primary N) is 1. The maximum atomic E-state index is 12.2. The normalized spacial score (nSPS) is 12.0. The fourth-order valence-corrected chi connectivity index (χ4v) is 2.60. The average molecular weight is 303 g/mol. The number of hydrogen-bond donors (Lipinski definition) is 2. The summed E-state index contributed by atoms with van der Waals surface area (Å²) in [7, 11) is 0. The van der Waals surface area contributed by atoms with E-state index in [9.17, 15) is 4.79 Å². The van der Waals surface area contributed by atoms with Gasteiger partial charge in [0.2, 0.25) is 5.91 Å². The second-order valence-electron chi connectivity index (χ2n) is 4.96. The van der Waals surface area contributed by atoms with Crippen molar-refractivity contribution >= 4 is 17.5 Å².